The van der Waals surface area contributed by atoms with Crippen LogP contribution in [0.4, 0.5) is 0 Å². The van der Waals surface area contributed by atoms with Gasteiger partial charge in [0.1, 0.15) is 18.0 Å². The fraction of sp³-hybridized carbons (Fsp3) is 0.190. The Balaban J connectivity index is 1.76. The zero-order valence-electron chi connectivity index (χ0n) is 16.0. The summed E-state index contributed by atoms with van der Waals surface area (Å²) in [5, 5.41) is 7.71. The van der Waals surface area contributed by atoms with Crippen LogP contribution < -0.4 is 20.3 Å². The summed E-state index contributed by atoms with van der Waals surface area (Å²) in [5.74, 6) is 0.864. The van der Waals surface area contributed by atoms with Crippen molar-refractivity contribution in [3.63, 3.8) is 0 Å². The van der Waals surface area contributed by atoms with E-state index in [-0.39, 0.29) is 18.0 Å². The number of nitrogens with zero attached hydrogens (tertiary/aromatic N) is 2. The van der Waals surface area contributed by atoms with Crippen molar-refractivity contribution in [1.82, 2.24) is 15.1 Å². The minimum absolute atomic E-state index is 0.196. The van der Waals surface area contributed by atoms with Crippen molar-refractivity contribution in [2.24, 2.45) is 0 Å². The molecule has 0 unspecified atom stereocenters. The Morgan fingerprint density at radius 1 is 1.07 bits per heavy atom. The van der Waals surface area contributed by atoms with Gasteiger partial charge in [0.25, 0.3) is 5.56 Å². The van der Waals surface area contributed by atoms with Gasteiger partial charge in [0.05, 0.1) is 19.9 Å². The Labute approximate surface area is 172 Å². The Morgan fingerprint density at radius 3 is 2.52 bits per heavy atom. The number of nitrogens with one attached hydrogen (secondary N) is 1. The lowest BCUT2D eigenvalue weighted by Gasteiger charge is -2.12. The van der Waals surface area contributed by atoms with Crippen molar-refractivity contribution in [2.45, 2.75) is 13.1 Å². The van der Waals surface area contributed by atoms with Crippen molar-refractivity contribution in [2.75, 3.05) is 14.2 Å². The molecule has 0 fully saturated rings. The molecule has 8 heteroatoms. The largest absolute Gasteiger partial charge is 0.497 e. The number of hydrogen-bond acceptors (Lipinski definition) is 5. The number of aromatic nitrogens is 2. The number of ether oxygens (including phenoxy) is 2. The molecule has 0 radical (unpaired) electrons. The molecule has 3 rings (SSSR count). The summed E-state index contributed by atoms with van der Waals surface area (Å²) in [6.07, 6.45) is 0. The lowest BCUT2D eigenvalue weighted by Crippen LogP contribution is -2.33. The number of amides is 1. The molecule has 0 saturated heterocycles. The van der Waals surface area contributed by atoms with E-state index in [9.17, 15) is 9.59 Å². The summed E-state index contributed by atoms with van der Waals surface area (Å²) in [4.78, 5) is 24.4. The molecule has 29 heavy (non-hydrogen) atoms. The molecule has 0 aliphatic rings. The quantitative estimate of drug-likeness (QED) is 0.644. The summed E-state index contributed by atoms with van der Waals surface area (Å²) in [5.41, 5.74) is 1.72. The highest BCUT2D eigenvalue weighted by Crippen LogP contribution is 2.31. The fourth-order valence-electron chi connectivity index (χ4n) is 2.71. The Kier molecular flexibility index (Phi) is 6.51. The molecule has 3 aromatic rings. The van der Waals surface area contributed by atoms with Gasteiger partial charge in [0.15, 0.2) is 0 Å². The van der Waals surface area contributed by atoms with E-state index in [1.165, 1.54) is 6.07 Å². The number of benzene rings is 2. The summed E-state index contributed by atoms with van der Waals surface area (Å²) in [6.45, 7) is 0.134. The first kappa shape index (κ1) is 20.4. The molecule has 0 bridgehead atoms. The van der Waals surface area contributed by atoms with E-state index in [0.717, 1.165) is 10.2 Å². The first-order valence-corrected chi connectivity index (χ1v) is 9.19. The van der Waals surface area contributed by atoms with Gasteiger partial charge in [0.2, 0.25) is 5.91 Å². The van der Waals surface area contributed by atoms with Gasteiger partial charge < -0.3 is 14.8 Å². The zero-order chi connectivity index (χ0) is 20.8. The Hall–Kier alpha value is -3.32. The Morgan fingerprint density at radius 2 is 1.83 bits per heavy atom. The maximum absolute atomic E-state index is 12.3. The normalized spacial score (nSPS) is 10.4. The van der Waals surface area contributed by atoms with Gasteiger partial charge in [-0.2, -0.15) is 5.10 Å². The van der Waals surface area contributed by atoms with E-state index in [1.54, 1.807) is 50.6 Å². The van der Waals surface area contributed by atoms with E-state index in [2.05, 4.69) is 10.4 Å². The highest BCUT2D eigenvalue weighted by molar-refractivity contribution is 6.30. The number of rotatable bonds is 7. The summed E-state index contributed by atoms with van der Waals surface area (Å²) in [6, 6.07) is 15.4. The second-order valence-corrected chi connectivity index (χ2v) is 6.62. The Bertz CT molecular complexity index is 1060. The van der Waals surface area contributed by atoms with Crippen LogP contribution in [0.15, 0.2) is 59.4 Å². The zero-order valence-corrected chi connectivity index (χ0v) is 16.8. The topological polar surface area (TPSA) is 82.5 Å². The monoisotopic (exact) mass is 413 g/mol. The maximum Gasteiger partial charge on any atom is 0.267 e. The van der Waals surface area contributed by atoms with E-state index < -0.39 is 0 Å². The molecular weight excluding hydrogens is 394 g/mol. The van der Waals surface area contributed by atoms with Crippen LogP contribution in [0.2, 0.25) is 5.02 Å². The molecule has 0 atom stereocenters. The molecule has 1 N–H and O–H groups in total. The smallest absolute Gasteiger partial charge is 0.267 e. The highest BCUT2D eigenvalue weighted by Gasteiger charge is 2.12. The van der Waals surface area contributed by atoms with Crippen LogP contribution in [0.5, 0.6) is 11.5 Å². The minimum Gasteiger partial charge on any atom is -0.497 e. The number of carbonyl (C=O) groups excluding carboxylic acids is 1. The van der Waals surface area contributed by atoms with Crippen LogP contribution in [0.25, 0.3) is 11.3 Å². The molecule has 150 valence electrons. The minimum atomic E-state index is -0.372. The van der Waals surface area contributed by atoms with E-state index in [1.807, 2.05) is 12.1 Å². The van der Waals surface area contributed by atoms with Crippen molar-refractivity contribution < 1.29 is 14.3 Å². The van der Waals surface area contributed by atoms with Crippen LogP contribution in [-0.4, -0.2) is 29.9 Å². The molecule has 0 aliphatic heterocycles. The number of methoxy groups -OCH3 is 2. The average Bonchev–Trinajstić information content (AvgIpc) is 2.74. The number of carbonyl (C=O) groups is 1. The number of halogens is 1. The predicted octanol–water partition coefficient (Wildman–Crippen LogP) is 2.90. The standard InChI is InChI=1S/C21H20ClN3O4/c1-28-16-7-8-17(19(11-16)29-2)18-9-10-21(27)25(24-18)13-20(26)23-12-14-3-5-15(22)6-4-14/h3-11H,12-13H2,1-2H3,(H,23,26). The predicted molar refractivity (Wildman–Crippen MR) is 110 cm³/mol. The molecule has 0 spiro atoms. The second kappa shape index (κ2) is 9.25. The molecule has 7 nitrogen and oxygen atoms in total. The first-order chi connectivity index (χ1) is 14.0. The molecule has 2 aromatic carbocycles. The van der Waals surface area contributed by atoms with Gasteiger partial charge in [0, 0.05) is 29.3 Å². The SMILES string of the molecule is COc1ccc(-c2ccc(=O)n(CC(=O)NCc3ccc(Cl)cc3)n2)c(OC)c1. The van der Waals surface area contributed by atoms with Crippen LogP contribution >= 0.6 is 11.6 Å². The third-order valence-corrected chi connectivity index (χ3v) is 4.50. The highest BCUT2D eigenvalue weighted by atomic mass is 35.5. The van der Waals surface area contributed by atoms with E-state index in [4.69, 9.17) is 21.1 Å². The molecule has 0 aliphatic carbocycles. The lowest BCUT2D eigenvalue weighted by molar-refractivity contribution is -0.122. The van der Waals surface area contributed by atoms with Crippen molar-refractivity contribution in [3.8, 4) is 22.8 Å². The molecule has 1 amide bonds. The average molecular weight is 414 g/mol. The molecular formula is C21H20ClN3O4. The third-order valence-electron chi connectivity index (χ3n) is 4.25. The van der Waals surface area contributed by atoms with Gasteiger partial charge in [-0.1, -0.05) is 23.7 Å². The van der Waals surface area contributed by atoms with Gasteiger partial charge in [-0.3, -0.25) is 9.59 Å². The van der Waals surface area contributed by atoms with Crippen LogP contribution in [0, 0.1) is 0 Å². The van der Waals surface area contributed by atoms with Gasteiger partial charge in [-0.15, -0.1) is 0 Å². The maximum atomic E-state index is 12.3. The summed E-state index contributed by atoms with van der Waals surface area (Å²) >= 11 is 5.85. The molecule has 1 heterocycles. The van der Waals surface area contributed by atoms with Gasteiger partial charge >= 0.3 is 0 Å². The van der Waals surface area contributed by atoms with Crippen LogP contribution in [-0.2, 0) is 17.9 Å². The summed E-state index contributed by atoms with van der Waals surface area (Å²) in [7, 11) is 3.11. The van der Waals surface area contributed by atoms with Gasteiger partial charge in [-0.25, -0.2) is 4.68 Å². The molecule has 0 saturated carbocycles. The second-order valence-electron chi connectivity index (χ2n) is 6.18. The van der Waals surface area contributed by atoms with Crippen LogP contribution in [0.1, 0.15) is 5.56 Å². The summed E-state index contributed by atoms with van der Waals surface area (Å²) < 4.78 is 11.7. The van der Waals surface area contributed by atoms with E-state index >= 15 is 0 Å². The number of hydrogen-bond donors (Lipinski definition) is 1. The fourth-order valence-corrected chi connectivity index (χ4v) is 2.84. The van der Waals surface area contributed by atoms with Crippen molar-refractivity contribution >= 4 is 17.5 Å². The lowest BCUT2D eigenvalue weighted by atomic mass is 10.1. The van der Waals surface area contributed by atoms with Gasteiger partial charge in [-0.05, 0) is 35.9 Å². The third kappa shape index (κ3) is 5.14. The van der Waals surface area contributed by atoms with Crippen molar-refractivity contribution in [3.05, 3.63) is 75.5 Å². The molecule has 1 aromatic heterocycles. The van der Waals surface area contributed by atoms with Crippen LogP contribution in [0.3, 0.4) is 0 Å². The van der Waals surface area contributed by atoms with E-state index in [0.29, 0.717) is 34.3 Å². The van der Waals surface area contributed by atoms with Crippen molar-refractivity contribution in [1.29, 1.82) is 0 Å². The first-order valence-electron chi connectivity index (χ1n) is 8.82.